The Morgan fingerprint density at radius 2 is 1.85 bits per heavy atom. The molecule has 0 aliphatic carbocycles. The molecule has 0 aliphatic heterocycles. The van der Waals surface area contributed by atoms with Gasteiger partial charge in [0.1, 0.15) is 24.0 Å². The summed E-state index contributed by atoms with van der Waals surface area (Å²) in [6, 6.07) is 9.12. The Bertz CT molecular complexity index is 1360. The van der Waals surface area contributed by atoms with E-state index in [4.69, 9.17) is 9.26 Å². The second-order valence-electron chi connectivity index (χ2n) is 7.72. The van der Waals surface area contributed by atoms with Crippen molar-refractivity contribution >= 4 is 11.6 Å². The summed E-state index contributed by atoms with van der Waals surface area (Å²) in [6.07, 6.45) is 0. The minimum absolute atomic E-state index is 0.0308. The van der Waals surface area contributed by atoms with Crippen LogP contribution in [0.15, 0.2) is 47.0 Å². The molecule has 1 amide bonds. The van der Waals surface area contributed by atoms with Crippen molar-refractivity contribution in [3.05, 3.63) is 93.9 Å². The van der Waals surface area contributed by atoms with Gasteiger partial charge in [0.2, 0.25) is 0 Å². The monoisotopic (exact) mass is 470 g/mol. The normalized spacial score (nSPS) is 11.0. The maximum atomic E-state index is 13.9. The minimum atomic E-state index is -0.864. The number of benzene rings is 2. The van der Waals surface area contributed by atoms with Gasteiger partial charge in [0.15, 0.2) is 17.3 Å². The Kier molecular flexibility index (Phi) is 6.40. The molecule has 0 radical (unpaired) electrons. The molecule has 10 heteroatoms. The van der Waals surface area contributed by atoms with E-state index in [-0.39, 0.29) is 23.9 Å². The van der Waals surface area contributed by atoms with Crippen LogP contribution in [0, 0.1) is 38.2 Å². The maximum Gasteiger partial charge on any atom is 0.278 e. The number of halogens is 3. The van der Waals surface area contributed by atoms with Crippen molar-refractivity contribution in [2.45, 2.75) is 33.9 Å². The number of ether oxygens (including phenoxy) is 1. The van der Waals surface area contributed by atoms with Gasteiger partial charge in [-0.15, -0.1) is 0 Å². The number of nitrogens with one attached hydrogen (secondary N) is 1. The van der Waals surface area contributed by atoms with Gasteiger partial charge >= 0.3 is 0 Å². The van der Waals surface area contributed by atoms with Gasteiger partial charge in [-0.1, -0.05) is 17.3 Å². The van der Waals surface area contributed by atoms with Crippen LogP contribution in [0.5, 0.6) is 5.75 Å². The number of rotatable bonds is 7. The first-order valence-electron chi connectivity index (χ1n) is 10.4. The van der Waals surface area contributed by atoms with Gasteiger partial charge in [-0.3, -0.25) is 9.48 Å². The van der Waals surface area contributed by atoms with Crippen molar-refractivity contribution in [3.63, 3.8) is 0 Å². The van der Waals surface area contributed by atoms with Gasteiger partial charge in [0, 0.05) is 6.07 Å². The average molecular weight is 470 g/mol. The fourth-order valence-corrected chi connectivity index (χ4v) is 3.49. The number of aryl methyl sites for hydroxylation is 2. The lowest BCUT2D eigenvalue weighted by molar-refractivity contribution is 0.101. The molecule has 0 bridgehead atoms. The van der Waals surface area contributed by atoms with Crippen molar-refractivity contribution < 1.29 is 27.2 Å². The number of carbonyl (C=O) groups is 1. The van der Waals surface area contributed by atoms with Crippen LogP contribution < -0.4 is 10.1 Å². The van der Waals surface area contributed by atoms with E-state index in [9.17, 15) is 18.0 Å². The third kappa shape index (κ3) is 4.80. The summed E-state index contributed by atoms with van der Waals surface area (Å²) in [5.74, 6) is -2.34. The summed E-state index contributed by atoms with van der Waals surface area (Å²) in [5, 5.41) is 11.0. The molecule has 4 aromatic rings. The SMILES string of the molecule is Cc1nn(Cc2cccc(F)c2)c(C)c1NC(=O)c1noc(C)c1COc1ccc(F)cc1F. The van der Waals surface area contributed by atoms with Crippen LogP contribution in [0.3, 0.4) is 0 Å². The summed E-state index contributed by atoms with van der Waals surface area (Å²) in [7, 11) is 0. The van der Waals surface area contributed by atoms with Gasteiger partial charge in [-0.2, -0.15) is 5.10 Å². The summed E-state index contributed by atoms with van der Waals surface area (Å²) in [4.78, 5) is 13.0. The first-order valence-corrected chi connectivity index (χ1v) is 10.4. The number of carbonyl (C=O) groups excluding carboxylic acids is 1. The molecule has 0 spiro atoms. The summed E-state index contributed by atoms with van der Waals surface area (Å²) in [6.45, 7) is 5.23. The smallest absolute Gasteiger partial charge is 0.278 e. The van der Waals surface area contributed by atoms with Crippen molar-refractivity contribution in [1.82, 2.24) is 14.9 Å². The van der Waals surface area contributed by atoms with Gasteiger partial charge < -0.3 is 14.6 Å². The molecule has 1 N–H and O–H groups in total. The average Bonchev–Trinajstić information content (AvgIpc) is 3.27. The Hall–Kier alpha value is -4.08. The van der Waals surface area contributed by atoms with Gasteiger partial charge in [0.25, 0.3) is 5.91 Å². The van der Waals surface area contributed by atoms with Crippen LogP contribution in [-0.4, -0.2) is 20.8 Å². The Morgan fingerprint density at radius 3 is 2.59 bits per heavy atom. The number of nitrogens with zero attached hydrogens (tertiary/aromatic N) is 3. The van der Waals surface area contributed by atoms with Crippen molar-refractivity contribution in [2.75, 3.05) is 5.32 Å². The standard InChI is InChI=1S/C24H21F3N4O3/c1-13-22(14(2)31(29-13)11-16-5-4-6-17(25)9-16)28-24(32)23-19(15(3)34-30-23)12-33-21-8-7-18(26)10-20(21)27/h4-10H,11-12H2,1-3H3,(H,28,32). The molecule has 0 fully saturated rings. The fraction of sp³-hybridized carbons (Fsp3) is 0.208. The molecule has 2 aromatic heterocycles. The summed E-state index contributed by atoms with van der Waals surface area (Å²) < 4.78 is 52.7. The number of amides is 1. The van der Waals surface area contributed by atoms with Crippen LogP contribution in [0.2, 0.25) is 0 Å². The predicted molar refractivity (Wildman–Crippen MR) is 117 cm³/mol. The second kappa shape index (κ2) is 9.42. The number of aromatic nitrogens is 3. The van der Waals surface area contributed by atoms with E-state index in [0.29, 0.717) is 41.0 Å². The summed E-state index contributed by atoms with van der Waals surface area (Å²) in [5.41, 5.74) is 2.73. The molecule has 4 rings (SSSR count). The van der Waals surface area contributed by atoms with Gasteiger partial charge in [0.05, 0.1) is 29.2 Å². The topological polar surface area (TPSA) is 82.2 Å². The van der Waals surface area contributed by atoms with E-state index in [1.54, 1.807) is 37.6 Å². The maximum absolute atomic E-state index is 13.9. The molecule has 2 heterocycles. The van der Waals surface area contributed by atoms with E-state index in [0.717, 1.165) is 17.7 Å². The second-order valence-corrected chi connectivity index (χ2v) is 7.72. The van der Waals surface area contributed by atoms with E-state index in [1.165, 1.54) is 12.1 Å². The fourth-order valence-electron chi connectivity index (χ4n) is 3.49. The quantitative estimate of drug-likeness (QED) is 0.407. The highest BCUT2D eigenvalue weighted by Crippen LogP contribution is 2.24. The number of hydrogen-bond donors (Lipinski definition) is 1. The highest BCUT2D eigenvalue weighted by Gasteiger charge is 2.23. The summed E-state index contributed by atoms with van der Waals surface area (Å²) >= 11 is 0. The van der Waals surface area contributed by atoms with Gasteiger partial charge in [-0.25, -0.2) is 13.2 Å². The number of anilines is 1. The molecular weight excluding hydrogens is 449 g/mol. The molecule has 7 nitrogen and oxygen atoms in total. The highest BCUT2D eigenvalue weighted by molar-refractivity contribution is 6.04. The molecular formula is C24H21F3N4O3. The van der Waals surface area contributed by atoms with Crippen LogP contribution >= 0.6 is 0 Å². The first-order chi connectivity index (χ1) is 16.2. The van der Waals surface area contributed by atoms with Crippen LogP contribution in [-0.2, 0) is 13.2 Å². The van der Waals surface area contributed by atoms with Gasteiger partial charge in [-0.05, 0) is 50.6 Å². The molecule has 0 saturated carbocycles. The lowest BCUT2D eigenvalue weighted by Gasteiger charge is -2.09. The molecule has 34 heavy (non-hydrogen) atoms. The van der Waals surface area contributed by atoms with Crippen molar-refractivity contribution in [3.8, 4) is 5.75 Å². The molecule has 176 valence electrons. The largest absolute Gasteiger partial charge is 0.486 e. The first kappa shape index (κ1) is 23.1. The Balaban J connectivity index is 1.52. The van der Waals surface area contributed by atoms with E-state index >= 15 is 0 Å². The lowest BCUT2D eigenvalue weighted by Crippen LogP contribution is -2.16. The Labute approximate surface area is 193 Å². The van der Waals surface area contributed by atoms with Crippen molar-refractivity contribution in [2.24, 2.45) is 0 Å². The minimum Gasteiger partial charge on any atom is -0.486 e. The molecule has 0 aliphatic rings. The third-order valence-corrected chi connectivity index (χ3v) is 5.31. The molecule has 2 aromatic carbocycles. The van der Waals surface area contributed by atoms with Crippen LogP contribution in [0.25, 0.3) is 0 Å². The third-order valence-electron chi connectivity index (χ3n) is 5.31. The lowest BCUT2D eigenvalue weighted by atomic mass is 10.2. The molecule has 0 atom stereocenters. The number of hydrogen-bond acceptors (Lipinski definition) is 5. The zero-order valence-corrected chi connectivity index (χ0v) is 18.7. The van der Waals surface area contributed by atoms with Crippen LogP contribution in [0.4, 0.5) is 18.9 Å². The Morgan fingerprint density at radius 1 is 1.09 bits per heavy atom. The van der Waals surface area contributed by atoms with E-state index in [2.05, 4.69) is 15.6 Å². The molecule has 0 unspecified atom stereocenters. The van der Waals surface area contributed by atoms with Crippen molar-refractivity contribution in [1.29, 1.82) is 0 Å². The highest BCUT2D eigenvalue weighted by atomic mass is 19.1. The van der Waals surface area contributed by atoms with Crippen LogP contribution in [0.1, 0.15) is 38.8 Å². The predicted octanol–water partition coefficient (Wildman–Crippen LogP) is 5.09. The molecule has 0 saturated heterocycles. The van der Waals surface area contributed by atoms with E-state index in [1.807, 2.05) is 0 Å². The van der Waals surface area contributed by atoms with E-state index < -0.39 is 17.5 Å². The zero-order valence-electron chi connectivity index (χ0n) is 18.7. The zero-order chi connectivity index (χ0) is 24.4.